The van der Waals surface area contributed by atoms with Crippen LogP contribution < -0.4 is 16.0 Å². The molecule has 0 radical (unpaired) electrons. The van der Waals surface area contributed by atoms with Gasteiger partial charge in [0, 0.05) is 22.8 Å². The number of carbonyl (C=O) groups excluding carboxylic acids is 2. The molecule has 0 atom stereocenters. The zero-order chi connectivity index (χ0) is 24.1. The van der Waals surface area contributed by atoms with E-state index in [0.29, 0.717) is 18.2 Å². The lowest BCUT2D eigenvalue weighted by molar-refractivity contribution is 0.232. The van der Waals surface area contributed by atoms with E-state index in [2.05, 4.69) is 34.8 Å². The molecule has 4 amide bonds. The highest BCUT2D eigenvalue weighted by atomic mass is 16.3. The Bertz CT molecular complexity index is 1150. The lowest BCUT2D eigenvalue weighted by Crippen LogP contribution is -2.42. The van der Waals surface area contributed by atoms with Crippen molar-refractivity contribution in [3.05, 3.63) is 35.4 Å². The number of aryl methyl sites for hydroxylation is 1. The number of aromatic hydroxyl groups is 1. The van der Waals surface area contributed by atoms with Crippen LogP contribution in [0, 0.1) is 18.8 Å². The minimum absolute atomic E-state index is 0.0313. The van der Waals surface area contributed by atoms with Crippen molar-refractivity contribution in [3.8, 4) is 5.75 Å². The quantitative estimate of drug-likeness (QED) is 0.208. The molecule has 0 saturated carbocycles. The van der Waals surface area contributed by atoms with Crippen LogP contribution in [0.2, 0.25) is 0 Å². The van der Waals surface area contributed by atoms with E-state index < -0.39 is 12.1 Å². The van der Waals surface area contributed by atoms with Crippen LogP contribution in [-0.4, -0.2) is 28.7 Å². The molecule has 2 aromatic carbocycles. The van der Waals surface area contributed by atoms with E-state index in [1.165, 1.54) is 6.42 Å². The van der Waals surface area contributed by atoms with Crippen LogP contribution in [0.1, 0.15) is 58.1 Å². The summed E-state index contributed by atoms with van der Waals surface area (Å²) in [6.07, 6.45) is 4.14. The predicted octanol–water partition coefficient (Wildman–Crippen LogP) is 6.19. The summed E-state index contributed by atoms with van der Waals surface area (Å²) in [7, 11) is 0. The summed E-state index contributed by atoms with van der Waals surface area (Å²) in [6, 6.07) is 6.55. The number of para-hydroxylation sites is 1. The van der Waals surface area contributed by atoms with Crippen LogP contribution in [0.5, 0.6) is 5.75 Å². The molecule has 0 aliphatic carbocycles. The van der Waals surface area contributed by atoms with Gasteiger partial charge in [-0.05, 0) is 48.8 Å². The van der Waals surface area contributed by atoms with Gasteiger partial charge < -0.3 is 20.7 Å². The number of phenols is 1. The van der Waals surface area contributed by atoms with Gasteiger partial charge in [0.25, 0.3) is 0 Å². The van der Waals surface area contributed by atoms with Gasteiger partial charge in [-0.3, -0.25) is 5.32 Å². The number of aromatic nitrogens is 1. The van der Waals surface area contributed by atoms with E-state index in [0.717, 1.165) is 52.2 Å². The Morgan fingerprint density at radius 2 is 1.76 bits per heavy atom. The standard InChI is InChI=1S/C26H36N4O3/c1-15(2)10-6-7-11-18-17(5)24(31)23(29-26(33)30-25(32)27-14-16(3)4)21-19-12-8-9-13-20(19)28-22(18)21/h8-9,12-13,15-16,28,31H,6-7,10-11,14H2,1-5H3,(H3,27,29,30,32,33). The normalized spacial score (nSPS) is 11.5. The number of benzene rings is 2. The summed E-state index contributed by atoms with van der Waals surface area (Å²) in [5.41, 5.74) is 3.94. The third-order valence-corrected chi connectivity index (χ3v) is 5.90. The van der Waals surface area contributed by atoms with E-state index in [4.69, 9.17) is 0 Å². The average molecular weight is 453 g/mol. The number of aromatic amines is 1. The van der Waals surface area contributed by atoms with Gasteiger partial charge in [-0.25, -0.2) is 9.59 Å². The van der Waals surface area contributed by atoms with Gasteiger partial charge in [0.15, 0.2) is 0 Å². The molecule has 7 nitrogen and oxygen atoms in total. The number of nitrogens with one attached hydrogen (secondary N) is 4. The van der Waals surface area contributed by atoms with Gasteiger partial charge in [0.05, 0.1) is 11.2 Å². The fraction of sp³-hybridized carbons (Fsp3) is 0.462. The summed E-state index contributed by atoms with van der Waals surface area (Å²) >= 11 is 0. The first-order valence-electron chi connectivity index (χ1n) is 11.8. The van der Waals surface area contributed by atoms with Crippen molar-refractivity contribution >= 4 is 39.6 Å². The minimum Gasteiger partial charge on any atom is -0.505 e. The van der Waals surface area contributed by atoms with Crippen LogP contribution >= 0.6 is 0 Å². The number of phenolic OH excluding ortho intramolecular Hbond substituents is 1. The highest BCUT2D eigenvalue weighted by Gasteiger charge is 2.22. The number of urea groups is 2. The first-order chi connectivity index (χ1) is 15.7. The molecule has 3 rings (SSSR count). The van der Waals surface area contributed by atoms with E-state index in [1.54, 1.807) is 0 Å². The highest BCUT2D eigenvalue weighted by Crippen LogP contribution is 2.43. The molecule has 0 aliphatic heterocycles. The van der Waals surface area contributed by atoms with Crippen molar-refractivity contribution in [1.29, 1.82) is 0 Å². The monoisotopic (exact) mass is 452 g/mol. The van der Waals surface area contributed by atoms with Crippen LogP contribution in [0.25, 0.3) is 21.8 Å². The SMILES string of the molecule is Cc1c(O)c(NC(=O)NC(=O)NCC(C)C)c2c([nH]c3ccccc32)c1CCCCC(C)C. The molecule has 1 heterocycles. The number of unbranched alkanes of at least 4 members (excludes halogenated alkanes) is 1. The first kappa shape index (κ1) is 24.4. The third kappa shape index (κ3) is 5.78. The van der Waals surface area contributed by atoms with Crippen molar-refractivity contribution < 1.29 is 14.7 Å². The minimum atomic E-state index is -0.692. The molecular formula is C26H36N4O3. The smallest absolute Gasteiger partial charge is 0.327 e. The fourth-order valence-corrected chi connectivity index (χ4v) is 4.14. The Balaban J connectivity index is 1.96. The average Bonchev–Trinajstić information content (AvgIpc) is 3.13. The maximum Gasteiger partial charge on any atom is 0.327 e. The van der Waals surface area contributed by atoms with Crippen molar-refractivity contribution in [2.24, 2.45) is 11.8 Å². The summed E-state index contributed by atoms with van der Waals surface area (Å²) in [5, 5.41) is 20.4. The second-order valence-electron chi connectivity index (χ2n) is 9.57. The van der Waals surface area contributed by atoms with Gasteiger partial charge in [-0.2, -0.15) is 0 Å². The molecule has 0 fully saturated rings. The van der Waals surface area contributed by atoms with Gasteiger partial charge >= 0.3 is 12.1 Å². The lowest BCUT2D eigenvalue weighted by Gasteiger charge is -2.17. The highest BCUT2D eigenvalue weighted by molar-refractivity contribution is 6.19. The molecule has 1 aromatic heterocycles. The molecular weight excluding hydrogens is 416 g/mol. The zero-order valence-corrected chi connectivity index (χ0v) is 20.3. The third-order valence-electron chi connectivity index (χ3n) is 5.90. The van der Waals surface area contributed by atoms with E-state index in [-0.39, 0.29) is 11.7 Å². The Hall–Kier alpha value is -3.22. The molecule has 3 aromatic rings. The van der Waals surface area contributed by atoms with Crippen LogP contribution in [-0.2, 0) is 6.42 Å². The molecule has 7 heteroatoms. The Labute approximate surface area is 195 Å². The summed E-state index contributed by atoms with van der Waals surface area (Å²) in [6.45, 7) is 10.7. The number of hydrogen-bond acceptors (Lipinski definition) is 3. The number of H-pyrrole nitrogens is 1. The van der Waals surface area contributed by atoms with Gasteiger partial charge in [0.2, 0.25) is 0 Å². The molecule has 0 spiro atoms. The number of imide groups is 1. The number of rotatable bonds is 8. The molecule has 0 bridgehead atoms. The maximum atomic E-state index is 12.6. The van der Waals surface area contributed by atoms with E-state index in [1.807, 2.05) is 45.0 Å². The predicted molar refractivity (Wildman–Crippen MR) is 135 cm³/mol. The second-order valence-corrected chi connectivity index (χ2v) is 9.57. The summed E-state index contributed by atoms with van der Waals surface area (Å²) < 4.78 is 0. The van der Waals surface area contributed by atoms with E-state index in [9.17, 15) is 14.7 Å². The maximum absolute atomic E-state index is 12.6. The van der Waals surface area contributed by atoms with Gasteiger partial charge in [0.1, 0.15) is 5.75 Å². The number of anilines is 1. The Morgan fingerprint density at radius 1 is 1.03 bits per heavy atom. The van der Waals surface area contributed by atoms with E-state index >= 15 is 0 Å². The van der Waals surface area contributed by atoms with Crippen molar-refractivity contribution in [2.45, 2.75) is 60.3 Å². The number of fused-ring (bicyclic) bond motifs is 3. The first-order valence-corrected chi connectivity index (χ1v) is 11.8. The molecule has 0 aliphatic rings. The van der Waals surface area contributed by atoms with Crippen LogP contribution in [0.15, 0.2) is 24.3 Å². The second kappa shape index (κ2) is 10.6. The van der Waals surface area contributed by atoms with Gasteiger partial charge in [-0.15, -0.1) is 0 Å². The zero-order valence-electron chi connectivity index (χ0n) is 20.3. The molecule has 33 heavy (non-hydrogen) atoms. The molecule has 5 N–H and O–H groups in total. The van der Waals surface area contributed by atoms with Gasteiger partial charge in [-0.1, -0.05) is 58.7 Å². The van der Waals surface area contributed by atoms with Crippen molar-refractivity contribution in [1.82, 2.24) is 15.6 Å². The molecule has 0 saturated heterocycles. The van der Waals surface area contributed by atoms with Crippen molar-refractivity contribution in [3.63, 3.8) is 0 Å². The number of carbonyl (C=O) groups is 2. The Kier molecular flexibility index (Phi) is 7.84. The molecule has 178 valence electrons. The van der Waals surface area contributed by atoms with Crippen LogP contribution in [0.4, 0.5) is 15.3 Å². The summed E-state index contributed by atoms with van der Waals surface area (Å²) in [4.78, 5) is 28.1. The number of hydrogen-bond donors (Lipinski definition) is 5. The largest absolute Gasteiger partial charge is 0.505 e. The summed E-state index contributed by atoms with van der Waals surface area (Å²) in [5.74, 6) is 0.962. The topological polar surface area (TPSA) is 106 Å². The number of amides is 4. The van der Waals surface area contributed by atoms with Crippen LogP contribution in [0.3, 0.4) is 0 Å². The fourth-order valence-electron chi connectivity index (χ4n) is 4.14. The Morgan fingerprint density at radius 3 is 2.45 bits per heavy atom. The lowest BCUT2D eigenvalue weighted by atomic mass is 9.95. The van der Waals surface area contributed by atoms with Crippen molar-refractivity contribution in [2.75, 3.05) is 11.9 Å². The molecule has 0 unspecified atom stereocenters.